The fourth-order valence-electron chi connectivity index (χ4n) is 3.02. The Labute approximate surface area is 200 Å². The van der Waals surface area contributed by atoms with Crippen molar-refractivity contribution in [1.29, 1.82) is 0 Å². The molecular weight excluding hydrogens is 464 g/mol. The van der Waals surface area contributed by atoms with Crippen LogP contribution in [0.2, 0.25) is 0 Å². The summed E-state index contributed by atoms with van der Waals surface area (Å²) in [5.41, 5.74) is 5.68. The molecule has 0 aliphatic carbocycles. The number of amides is 3. The van der Waals surface area contributed by atoms with Gasteiger partial charge >= 0.3 is 5.97 Å². The molecule has 2 heterocycles. The Morgan fingerprint density at radius 1 is 0.939 bits per heavy atom. The van der Waals surface area contributed by atoms with Gasteiger partial charge in [-0.25, -0.2) is 0 Å². The molecule has 0 saturated carbocycles. The van der Waals surface area contributed by atoms with E-state index in [0.29, 0.717) is 37.2 Å². The lowest BCUT2D eigenvalue weighted by Gasteiger charge is -2.18. The van der Waals surface area contributed by atoms with Gasteiger partial charge in [-0.1, -0.05) is 12.1 Å². The van der Waals surface area contributed by atoms with Gasteiger partial charge in [0.05, 0.1) is 10.9 Å². The van der Waals surface area contributed by atoms with Crippen LogP contribution in [0.5, 0.6) is 0 Å². The molecule has 2 rings (SSSR count). The van der Waals surface area contributed by atoms with Crippen LogP contribution in [0.1, 0.15) is 46.7 Å². The molecule has 1 unspecified atom stereocenters. The van der Waals surface area contributed by atoms with Crippen molar-refractivity contribution in [2.45, 2.75) is 50.6 Å². The Balaban J connectivity index is 1.77. The molecule has 0 radical (unpaired) electrons. The van der Waals surface area contributed by atoms with Gasteiger partial charge in [0, 0.05) is 24.4 Å². The van der Waals surface area contributed by atoms with Crippen molar-refractivity contribution in [3.05, 3.63) is 44.8 Å². The molecule has 0 aliphatic heterocycles. The van der Waals surface area contributed by atoms with Gasteiger partial charge < -0.3 is 26.8 Å². The van der Waals surface area contributed by atoms with E-state index < -0.39 is 24.0 Å². The van der Waals surface area contributed by atoms with Crippen molar-refractivity contribution in [1.82, 2.24) is 16.0 Å². The van der Waals surface area contributed by atoms with Gasteiger partial charge in [-0.2, -0.15) is 0 Å². The molecule has 33 heavy (non-hydrogen) atoms. The minimum atomic E-state index is -0.998. The van der Waals surface area contributed by atoms with Crippen molar-refractivity contribution in [3.8, 4) is 0 Å². The molecule has 0 aliphatic rings. The van der Waals surface area contributed by atoms with Crippen LogP contribution in [0.4, 0.5) is 0 Å². The number of carbonyl (C=O) groups excluding carboxylic acids is 3. The fourth-order valence-corrected chi connectivity index (χ4v) is 4.35. The third kappa shape index (κ3) is 10.1. The predicted octanol–water partition coefficient (Wildman–Crippen LogP) is 1.75. The van der Waals surface area contributed by atoms with Gasteiger partial charge in [-0.15, -0.1) is 22.7 Å². The molecule has 0 bridgehead atoms. The summed E-state index contributed by atoms with van der Waals surface area (Å²) < 4.78 is 0. The molecule has 11 heteroatoms. The summed E-state index contributed by atoms with van der Waals surface area (Å²) in [6, 6.07) is 5.90. The van der Waals surface area contributed by atoms with Crippen LogP contribution in [-0.4, -0.2) is 54.0 Å². The van der Waals surface area contributed by atoms with Crippen molar-refractivity contribution < 1.29 is 24.3 Å². The number of hydrogen-bond donors (Lipinski definition) is 5. The second-order valence-corrected chi connectivity index (χ2v) is 9.43. The maximum atomic E-state index is 12.7. The Bertz CT molecular complexity index is 887. The summed E-state index contributed by atoms with van der Waals surface area (Å²) in [6.07, 6.45) is 2.24. The van der Waals surface area contributed by atoms with Gasteiger partial charge in [0.25, 0.3) is 5.91 Å². The quantitative estimate of drug-likeness (QED) is 0.238. The first-order valence-corrected chi connectivity index (χ1v) is 12.5. The highest BCUT2D eigenvalue weighted by Gasteiger charge is 2.21. The zero-order chi connectivity index (χ0) is 24.1. The third-order valence-corrected chi connectivity index (χ3v) is 6.65. The molecule has 3 amide bonds. The van der Waals surface area contributed by atoms with Crippen LogP contribution in [0, 0.1) is 0 Å². The lowest BCUT2D eigenvalue weighted by molar-refractivity contribution is -0.137. The summed E-state index contributed by atoms with van der Waals surface area (Å²) in [6.45, 7) is 0.834. The standard InChI is InChI=1S/C22H30N4O5S2/c23-16(8-9-19(27)28)20(29)24-11-2-1-6-17(26-22(31)18-7-4-14-33-18)21(30)25-12-10-15-5-3-13-32-15/h3-5,7,13-14,16-17H,1-2,6,8-12,23H2,(H,24,29)(H,25,30)(H,26,31)(H,27,28)/t16-,17?/m0/s1. The van der Waals surface area contributed by atoms with E-state index in [4.69, 9.17) is 10.8 Å². The average Bonchev–Trinajstić information content (AvgIpc) is 3.50. The maximum absolute atomic E-state index is 12.7. The van der Waals surface area contributed by atoms with Gasteiger partial charge in [0.1, 0.15) is 6.04 Å². The highest BCUT2D eigenvalue weighted by Crippen LogP contribution is 2.11. The number of nitrogens with one attached hydrogen (secondary N) is 3. The van der Waals surface area contributed by atoms with E-state index in [9.17, 15) is 19.2 Å². The van der Waals surface area contributed by atoms with E-state index in [-0.39, 0.29) is 24.7 Å². The van der Waals surface area contributed by atoms with E-state index in [1.807, 2.05) is 17.5 Å². The molecule has 2 aromatic rings. The number of rotatable bonds is 15. The van der Waals surface area contributed by atoms with Crippen molar-refractivity contribution in [2.75, 3.05) is 13.1 Å². The number of thiophene rings is 2. The SMILES string of the molecule is N[C@@H](CCC(=O)O)C(=O)NCCCCC(NC(=O)c1cccs1)C(=O)NCCc1cccs1. The number of hydrogen-bond acceptors (Lipinski definition) is 7. The Hall–Kier alpha value is -2.76. The zero-order valence-electron chi connectivity index (χ0n) is 18.2. The lowest BCUT2D eigenvalue weighted by atomic mass is 10.1. The minimum Gasteiger partial charge on any atom is -0.481 e. The van der Waals surface area contributed by atoms with Crippen LogP contribution in [0.3, 0.4) is 0 Å². The van der Waals surface area contributed by atoms with Crippen LogP contribution >= 0.6 is 22.7 Å². The Morgan fingerprint density at radius 3 is 2.33 bits per heavy atom. The van der Waals surface area contributed by atoms with Crippen molar-refractivity contribution in [3.63, 3.8) is 0 Å². The number of unbranched alkanes of at least 4 members (excludes halogenated alkanes) is 1. The van der Waals surface area contributed by atoms with E-state index in [1.165, 1.54) is 16.2 Å². The first kappa shape index (κ1) is 26.5. The van der Waals surface area contributed by atoms with Crippen LogP contribution in [-0.2, 0) is 20.8 Å². The third-order valence-electron chi connectivity index (χ3n) is 4.84. The van der Waals surface area contributed by atoms with E-state index in [1.54, 1.807) is 28.8 Å². The van der Waals surface area contributed by atoms with Crippen molar-refractivity contribution >= 4 is 46.4 Å². The Kier molecular flexibility index (Phi) is 11.6. The van der Waals surface area contributed by atoms with Crippen LogP contribution in [0.25, 0.3) is 0 Å². The first-order valence-electron chi connectivity index (χ1n) is 10.8. The summed E-state index contributed by atoms with van der Waals surface area (Å²) in [5.74, 6) is -1.93. The molecule has 180 valence electrons. The summed E-state index contributed by atoms with van der Waals surface area (Å²) >= 11 is 2.93. The maximum Gasteiger partial charge on any atom is 0.303 e. The summed E-state index contributed by atoms with van der Waals surface area (Å²) in [4.78, 5) is 49.4. The molecule has 2 aromatic heterocycles. The highest BCUT2D eigenvalue weighted by atomic mass is 32.1. The smallest absolute Gasteiger partial charge is 0.303 e. The zero-order valence-corrected chi connectivity index (χ0v) is 19.9. The van der Waals surface area contributed by atoms with Crippen LogP contribution < -0.4 is 21.7 Å². The van der Waals surface area contributed by atoms with Crippen molar-refractivity contribution in [2.24, 2.45) is 5.73 Å². The van der Waals surface area contributed by atoms with Gasteiger partial charge in [-0.05, 0) is 55.0 Å². The molecule has 6 N–H and O–H groups in total. The number of carbonyl (C=O) groups is 4. The van der Waals surface area contributed by atoms with Gasteiger partial charge in [-0.3, -0.25) is 19.2 Å². The average molecular weight is 495 g/mol. The normalized spacial score (nSPS) is 12.5. The molecule has 0 aromatic carbocycles. The summed E-state index contributed by atoms with van der Waals surface area (Å²) in [5, 5.41) is 20.8. The fraction of sp³-hybridized carbons (Fsp3) is 0.455. The molecule has 2 atom stereocenters. The number of carboxylic acid groups (broad SMARTS) is 1. The minimum absolute atomic E-state index is 0.0731. The monoisotopic (exact) mass is 494 g/mol. The predicted molar refractivity (Wildman–Crippen MR) is 128 cm³/mol. The number of aliphatic carboxylic acids is 1. The number of carboxylic acids is 1. The number of nitrogens with two attached hydrogens (primary N) is 1. The second-order valence-electron chi connectivity index (χ2n) is 7.45. The molecule has 0 spiro atoms. The van der Waals surface area contributed by atoms with Gasteiger partial charge in [0.2, 0.25) is 11.8 Å². The van der Waals surface area contributed by atoms with Crippen LogP contribution in [0.15, 0.2) is 35.0 Å². The summed E-state index contributed by atoms with van der Waals surface area (Å²) in [7, 11) is 0. The lowest BCUT2D eigenvalue weighted by Crippen LogP contribution is -2.47. The van der Waals surface area contributed by atoms with E-state index in [2.05, 4.69) is 16.0 Å². The Morgan fingerprint density at radius 2 is 1.67 bits per heavy atom. The first-order chi connectivity index (χ1) is 15.9. The molecular formula is C22H30N4O5S2. The van der Waals surface area contributed by atoms with E-state index in [0.717, 1.165) is 6.42 Å². The topological polar surface area (TPSA) is 151 Å². The van der Waals surface area contributed by atoms with Gasteiger partial charge in [0.15, 0.2) is 0 Å². The molecule has 9 nitrogen and oxygen atoms in total. The van der Waals surface area contributed by atoms with E-state index >= 15 is 0 Å². The largest absolute Gasteiger partial charge is 0.481 e. The molecule has 0 fully saturated rings. The molecule has 0 saturated heterocycles. The highest BCUT2D eigenvalue weighted by molar-refractivity contribution is 7.12. The second kappa shape index (κ2) is 14.4.